The Kier molecular flexibility index (Phi) is 5.66. The van der Waals surface area contributed by atoms with E-state index in [1.165, 1.54) is 30.3 Å². The van der Waals surface area contributed by atoms with Gasteiger partial charge >= 0.3 is 6.03 Å². The van der Waals surface area contributed by atoms with Gasteiger partial charge in [0.05, 0.1) is 10.0 Å². The fourth-order valence-corrected chi connectivity index (χ4v) is 6.35. The number of aromatic hydroxyl groups is 1. The number of benzene rings is 2. The van der Waals surface area contributed by atoms with Gasteiger partial charge in [-0.05, 0) is 59.8 Å². The highest BCUT2D eigenvalue weighted by atomic mass is 35.5. The molecule has 0 unspecified atom stereocenters. The molecule has 4 N–H and O–H groups in total. The number of sulfonamides is 1. The Morgan fingerprint density at radius 1 is 1.14 bits per heavy atom. The number of nitrogens with one attached hydrogen (secondary N) is 3. The van der Waals surface area contributed by atoms with Gasteiger partial charge in [0.25, 0.3) is 15.6 Å². The Morgan fingerprint density at radius 3 is 2.66 bits per heavy atom. The van der Waals surface area contributed by atoms with Gasteiger partial charge in [0.15, 0.2) is 0 Å². The fourth-order valence-electron chi connectivity index (χ4n) is 3.96. The number of nitrogens with zero attached hydrogens (tertiary/aromatic N) is 1. The van der Waals surface area contributed by atoms with Crippen LogP contribution in [0.3, 0.4) is 0 Å². The first-order valence-corrected chi connectivity index (χ1v) is 12.9. The number of fused-ring (bicyclic) bond motifs is 3. The van der Waals surface area contributed by atoms with Gasteiger partial charge in [-0.3, -0.25) is 4.79 Å². The molecule has 3 heterocycles. The largest absolute Gasteiger partial charge is 0.494 e. The van der Waals surface area contributed by atoms with Gasteiger partial charge in [-0.15, -0.1) is 11.3 Å². The molecule has 2 aromatic carbocycles. The first kappa shape index (κ1) is 23.1. The number of rotatable bonds is 4. The van der Waals surface area contributed by atoms with E-state index in [0.29, 0.717) is 17.2 Å². The predicted octanol–water partition coefficient (Wildman–Crippen LogP) is 4.03. The third kappa shape index (κ3) is 4.20. The van der Waals surface area contributed by atoms with Crippen molar-refractivity contribution in [2.75, 3.05) is 17.2 Å². The molecular formula is C22H16ClFN4O5S2. The summed E-state index contributed by atoms with van der Waals surface area (Å²) in [5.41, 5.74) is 0.861. The van der Waals surface area contributed by atoms with Crippen LogP contribution in [0.15, 0.2) is 57.5 Å². The normalized spacial score (nSPS) is 12.9. The van der Waals surface area contributed by atoms with Gasteiger partial charge in [0.2, 0.25) is 5.88 Å². The maximum absolute atomic E-state index is 15.0. The third-order valence-corrected chi connectivity index (χ3v) is 8.53. The average Bonchev–Trinajstić information content (AvgIpc) is 3.44. The van der Waals surface area contributed by atoms with E-state index < -0.39 is 33.3 Å². The van der Waals surface area contributed by atoms with Crippen LogP contribution in [0.2, 0.25) is 4.34 Å². The summed E-state index contributed by atoms with van der Waals surface area (Å²) in [5, 5.41) is 17.2. The van der Waals surface area contributed by atoms with Crippen LogP contribution in [0.1, 0.15) is 5.56 Å². The molecule has 1 aliphatic heterocycles. The van der Waals surface area contributed by atoms with Crippen molar-refractivity contribution in [3.63, 3.8) is 0 Å². The van der Waals surface area contributed by atoms with Crippen LogP contribution < -0.4 is 20.9 Å². The molecule has 0 fully saturated rings. The summed E-state index contributed by atoms with van der Waals surface area (Å²) >= 11 is 6.50. The molecule has 0 bridgehead atoms. The van der Waals surface area contributed by atoms with Gasteiger partial charge in [0, 0.05) is 29.4 Å². The van der Waals surface area contributed by atoms with Crippen LogP contribution in [0.4, 0.5) is 20.6 Å². The number of hydrogen-bond acceptors (Lipinski definition) is 7. The second kappa shape index (κ2) is 8.56. The Hall–Kier alpha value is -3.61. The first-order chi connectivity index (χ1) is 16.6. The molecule has 0 atom stereocenters. The SMILES string of the molecule is O=C(Nc1ccc(-n2c(O)c3ccc4c(c3cc2=O)CCN4)c(F)c1)NS(=O)(=O)c1ccc(Cl)s1. The summed E-state index contributed by atoms with van der Waals surface area (Å²) in [5.74, 6) is -1.34. The monoisotopic (exact) mass is 534 g/mol. The average molecular weight is 535 g/mol. The molecule has 9 nitrogen and oxygen atoms in total. The molecule has 0 radical (unpaired) electrons. The van der Waals surface area contributed by atoms with Crippen molar-refractivity contribution in [3.05, 3.63) is 74.6 Å². The number of anilines is 2. The Labute approximate surface area is 206 Å². The molecular weight excluding hydrogens is 519 g/mol. The number of aromatic nitrogens is 1. The summed E-state index contributed by atoms with van der Waals surface area (Å²) in [6.45, 7) is 0.720. The summed E-state index contributed by atoms with van der Waals surface area (Å²) in [7, 11) is -4.16. The number of urea groups is 1. The number of thiophene rings is 1. The van der Waals surface area contributed by atoms with Crippen molar-refractivity contribution in [1.29, 1.82) is 0 Å². The van der Waals surface area contributed by atoms with Crippen molar-refractivity contribution < 1.29 is 22.7 Å². The summed E-state index contributed by atoms with van der Waals surface area (Å²) in [6, 6.07) is 9.67. The second-order valence-corrected chi connectivity index (χ2v) is 11.3. The Morgan fingerprint density at radius 2 is 1.94 bits per heavy atom. The standard InChI is InChI=1S/C22H16ClFN4O5S2/c23-18-5-6-20(34-18)35(32,33)27-22(31)26-11-1-4-17(15(24)9-11)28-19(29)10-14-12-7-8-25-16(12)3-2-13(14)21(28)30/h1-6,9-10,25,30H,7-8H2,(H2,26,27,31). The minimum Gasteiger partial charge on any atom is -0.494 e. The van der Waals surface area contributed by atoms with Gasteiger partial charge in [-0.1, -0.05) is 11.6 Å². The van der Waals surface area contributed by atoms with Crippen LogP contribution >= 0.6 is 22.9 Å². The van der Waals surface area contributed by atoms with Crippen molar-refractivity contribution in [1.82, 2.24) is 9.29 Å². The molecule has 180 valence electrons. The predicted molar refractivity (Wildman–Crippen MR) is 132 cm³/mol. The van der Waals surface area contributed by atoms with Crippen molar-refractivity contribution >= 4 is 61.1 Å². The third-order valence-electron chi connectivity index (χ3n) is 5.48. The maximum atomic E-state index is 15.0. The molecule has 0 saturated carbocycles. The van der Waals surface area contributed by atoms with Gasteiger partial charge < -0.3 is 15.7 Å². The lowest BCUT2D eigenvalue weighted by atomic mass is 10.0. The van der Waals surface area contributed by atoms with E-state index in [-0.39, 0.29) is 19.9 Å². The highest BCUT2D eigenvalue weighted by Crippen LogP contribution is 2.35. The molecule has 0 saturated heterocycles. The van der Waals surface area contributed by atoms with Crippen molar-refractivity contribution in [2.24, 2.45) is 0 Å². The van der Waals surface area contributed by atoms with E-state index in [2.05, 4.69) is 10.6 Å². The minimum absolute atomic E-state index is 0.0691. The molecule has 1 aliphatic rings. The van der Waals surface area contributed by atoms with E-state index in [1.54, 1.807) is 12.1 Å². The number of carbonyl (C=O) groups excluding carboxylic acids is 1. The molecule has 4 aromatic rings. The first-order valence-electron chi connectivity index (χ1n) is 10.2. The van der Waals surface area contributed by atoms with E-state index in [0.717, 1.165) is 39.8 Å². The van der Waals surface area contributed by atoms with Crippen molar-refractivity contribution in [3.8, 4) is 11.6 Å². The van der Waals surface area contributed by atoms with E-state index in [9.17, 15) is 27.5 Å². The van der Waals surface area contributed by atoms with E-state index >= 15 is 0 Å². The van der Waals surface area contributed by atoms with Crippen LogP contribution in [0.25, 0.3) is 16.5 Å². The molecule has 2 aromatic heterocycles. The lowest BCUT2D eigenvalue weighted by molar-refractivity contribution is 0.256. The van der Waals surface area contributed by atoms with E-state index in [4.69, 9.17) is 11.6 Å². The highest BCUT2D eigenvalue weighted by Gasteiger charge is 2.22. The van der Waals surface area contributed by atoms with Crippen LogP contribution in [0, 0.1) is 5.82 Å². The molecule has 2 amide bonds. The Balaban J connectivity index is 1.43. The number of halogens is 2. The van der Waals surface area contributed by atoms with Crippen molar-refractivity contribution in [2.45, 2.75) is 10.6 Å². The Bertz CT molecular complexity index is 1680. The lowest BCUT2D eigenvalue weighted by Gasteiger charge is -2.14. The van der Waals surface area contributed by atoms with Crippen LogP contribution in [-0.4, -0.2) is 30.7 Å². The zero-order valence-corrected chi connectivity index (χ0v) is 20.0. The summed E-state index contributed by atoms with van der Waals surface area (Å²) in [6.07, 6.45) is 0.696. The van der Waals surface area contributed by atoms with Gasteiger partial charge in [0.1, 0.15) is 10.0 Å². The lowest BCUT2D eigenvalue weighted by Crippen LogP contribution is -2.34. The molecule has 5 rings (SSSR count). The maximum Gasteiger partial charge on any atom is 0.333 e. The molecule has 0 aliphatic carbocycles. The number of carbonyl (C=O) groups is 1. The van der Waals surface area contributed by atoms with Gasteiger partial charge in [-0.2, -0.15) is 0 Å². The molecule has 13 heteroatoms. The summed E-state index contributed by atoms with van der Waals surface area (Å²) < 4.78 is 42.2. The van der Waals surface area contributed by atoms with Crippen LogP contribution in [0.5, 0.6) is 5.88 Å². The fraction of sp³-hybridized carbons (Fsp3) is 0.0909. The van der Waals surface area contributed by atoms with Gasteiger partial charge in [-0.25, -0.2) is 26.9 Å². The second-order valence-electron chi connectivity index (χ2n) is 7.66. The smallest absolute Gasteiger partial charge is 0.333 e. The van der Waals surface area contributed by atoms with Crippen LogP contribution in [-0.2, 0) is 16.4 Å². The minimum atomic E-state index is -4.16. The highest BCUT2D eigenvalue weighted by molar-refractivity contribution is 7.92. The number of amides is 2. The quantitative estimate of drug-likeness (QED) is 0.313. The molecule has 0 spiro atoms. The summed E-state index contributed by atoms with van der Waals surface area (Å²) in [4.78, 5) is 25.0. The van der Waals surface area contributed by atoms with E-state index in [1.807, 2.05) is 4.72 Å². The topological polar surface area (TPSA) is 130 Å². The zero-order chi connectivity index (χ0) is 24.9. The molecule has 35 heavy (non-hydrogen) atoms. The number of pyridine rings is 1. The zero-order valence-electron chi connectivity index (χ0n) is 17.6. The number of hydrogen-bond donors (Lipinski definition) is 4.